The molecule has 16 aromatic carbocycles. The Kier molecular flexibility index (Phi) is 12.4. The second-order valence-corrected chi connectivity index (χ2v) is 27.2. The Morgan fingerprint density at radius 1 is 0.165 bits per heavy atom. The monoisotopic (exact) mass is 1310 g/mol. The fraction of sp³-hybridized carbons (Fsp3) is 0. The Morgan fingerprint density at radius 3 is 0.854 bits per heavy atom. The van der Waals surface area contributed by atoms with Gasteiger partial charge in [0, 0.05) is 92.9 Å². The van der Waals surface area contributed by atoms with Gasteiger partial charge >= 0.3 is 0 Å². The number of aromatic nitrogens is 7. The zero-order valence-corrected chi connectivity index (χ0v) is 55.7. The van der Waals surface area contributed by atoms with Gasteiger partial charge in [-0.25, -0.2) is 9.97 Å². The van der Waals surface area contributed by atoms with E-state index in [-0.39, 0.29) is 0 Å². The average Bonchev–Trinajstić information content (AvgIpc) is 1.66. The first-order valence-electron chi connectivity index (χ1n) is 35.3. The Labute approximate surface area is 591 Å². The highest BCUT2D eigenvalue weighted by Crippen LogP contribution is 2.45. The summed E-state index contributed by atoms with van der Waals surface area (Å²) in [7, 11) is 0. The van der Waals surface area contributed by atoms with E-state index < -0.39 is 0 Å². The van der Waals surface area contributed by atoms with E-state index in [1.54, 1.807) is 0 Å². The number of para-hydroxylation sites is 7. The smallest absolute Gasteiger partial charge is 0.162 e. The zero-order valence-electron chi connectivity index (χ0n) is 55.7. The van der Waals surface area contributed by atoms with Crippen LogP contribution in [0.3, 0.4) is 0 Å². The number of benzene rings is 16. The molecule has 6 heterocycles. The molecule has 7 heteroatoms. The predicted molar refractivity (Wildman–Crippen MR) is 430 cm³/mol. The summed E-state index contributed by atoms with van der Waals surface area (Å²) in [5, 5.41) is 15.1. The molecule has 478 valence electrons. The van der Waals surface area contributed by atoms with E-state index in [1.165, 1.54) is 87.3 Å². The fourth-order valence-electron chi connectivity index (χ4n) is 17.0. The summed E-state index contributed by atoms with van der Waals surface area (Å²) in [5.41, 5.74) is 24.6. The lowest BCUT2D eigenvalue weighted by Crippen LogP contribution is -2.03. The van der Waals surface area contributed by atoms with Crippen LogP contribution in [-0.4, -0.2) is 32.8 Å². The Bertz CT molecular complexity index is 7080. The van der Waals surface area contributed by atoms with Crippen molar-refractivity contribution in [2.75, 3.05) is 0 Å². The highest BCUT2D eigenvalue weighted by Gasteiger charge is 2.24. The maximum absolute atomic E-state index is 5.85. The van der Waals surface area contributed by atoms with E-state index in [2.05, 4.69) is 381 Å². The van der Waals surface area contributed by atoms with Crippen LogP contribution in [0.4, 0.5) is 0 Å². The molecule has 0 aliphatic carbocycles. The van der Waals surface area contributed by atoms with Gasteiger partial charge in [0.15, 0.2) is 5.82 Å². The lowest BCUT2D eigenvalue weighted by molar-refractivity contribution is 1.07. The predicted octanol–water partition coefficient (Wildman–Crippen LogP) is 24.9. The third kappa shape index (κ3) is 8.70. The third-order valence-electron chi connectivity index (χ3n) is 21.6. The Morgan fingerprint density at radius 2 is 0.466 bits per heavy atom. The van der Waals surface area contributed by atoms with Crippen LogP contribution < -0.4 is 0 Å². The number of hydrogen-bond donors (Lipinski definition) is 0. The van der Waals surface area contributed by atoms with Gasteiger partial charge in [-0.3, -0.25) is 4.57 Å². The topological polar surface area (TPSA) is 50.4 Å². The fourth-order valence-corrected chi connectivity index (χ4v) is 17.0. The second kappa shape index (κ2) is 22.3. The van der Waals surface area contributed by atoms with E-state index in [4.69, 9.17) is 9.97 Å². The summed E-state index contributed by atoms with van der Waals surface area (Å²) in [5.74, 6) is 1.45. The van der Waals surface area contributed by atoms with Crippen LogP contribution in [-0.2, 0) is 0 Å². The van der Waals surface area contributed by atoms with Crippen molar-refractivity contribution in [2.24, 2.45) is 0 Å². The van der Waals surface area contributed by atoms with Gasteiger partial charge in [-0.15, -0.1) is 0 Å². The maximum atomic E-state index is 5.85. The summed E-state index contributed by atoms with van der Waals surface area (Å²) in [4.78, 5) is 11.5. The molecule has 0 amide bonds. The number of nitrogens with zero attached hydrogens (tertiary/aromatic N) is 7. The summed E-state index contributed by atoms with van der Waals surface area (Å²) in [6, 6.07) is 131. The quantitative estimate of drug-likeness (QED) is 0.135. The second-order valence-electron chi connectivity index (χ2n) is 27.2. The van der Waals surface area contributed by atoms with Crippen LogP contribution in [0, 0.1) is 0 Å². The van der Waals surface area contributed by atoms with E-state index in [0.717, 1.165) is 111 Å². The van der Waals surface area contributed by atoms with E-state index in [9.17, 15) is 0 Å². The van der Waals surface area contributed by atoms with Crippen LogP contribution >= 0.6 is 0 Å². The molecule has 0 saturated heterocycles. The highest BCUT2D eigenvalue weighted by atomic mass is 15.1. The molecular formula is C96H59N7. The third-order valence-corrected chi connectivity index (χ3v) is 21.6. The van der Waals surface area contributed by atoms with Gasteiger partial charge in [0.2, 0.25) is 0 Å². The van der Waals surface area contributed by atoms with Crippen molar-refractivity contribution < 1.29 is 0 Å². The van der Waals surface area contributed by atoms with E-state index >= 15 is 0 Å². The lowest BCUT2D eigenvalue weighted by Gasteiger charge is -2.15. The summed E-state index contributed by atoms with van der Waals surface area (Å²) < 4.78 is 12.0. The van der Waals surface area contributed by atoms with Crippen molar-refractivity contribution in [1.82, 2.24) is 32.8 Å². The van der Waals surface area contributed by atoms with Crippen LogP contribution in [0.1, 0.15) is 0 Å². The Balaban J connectivity index is 0.725. The molecule has 0 aliphatic heterocycles. The maximum Gasteiger partial charge on any atom is 0.162 e. The largest absolute Gasteiger partial charge is 0.309 e. The molecule has 0 radical (unpaired) electrons. The minimum absolute atomic E-state index is 0.641. The number of rotatable bonds is 9. The molecule has 0 bridgehead atoms. The van der Waals surface area contributed by atoms with Gasteiger partial charge in [0.1, 0.15) is 5.82 Å². The Hall–Kier alpha value is -13.9. The molecule has 7 nitrogen and oxygen atoms in total. The standard InChI is InChI=1S/C96H59N7/c1-4-23-68(24-5-1)99-84-35-16-12-31-73(84)78-54-61(40-47-88(78)99)62-43-50-91-81(57-62)76-34-15-19-38-87(76)102(91)71-29-20-22-67(53-71)95-97-94-72-30-11-10-21-60(72)39-46-77(94)96(98-95)103-92-51-44-65(63-41-48-89-79(55-63)74-32-13-17-36-85(74)100(89)69-25-6-2-7-26-69)58-82(92)83-59-66(45-52-93(83)103)64-42-49-90-80(56-64)75-33-14-18-37-86(75)101(90)70-27-8-3-9-28-70/h1-59H. The molecule has 0 saturated carbocycles. The van der Waals surface area contributed by atoms with Crippen molar-refractivity contribution in [3.05, 3.63) is 358 Å². The number of hydrogen-bond acceptors (Lipinski definition) is 2. The minimum atomic E-state index is 0.641. The van der Waals surface area contributed by atoms with Crippen LogP contribution in [0.25, 0.3) is 204 Å². The highest BCUT2D eigenvalue weighted by molar-refractivity contribution is 6.18. The van der Waals surface area contributed by atoms with Crippen LogP contribution in [0.15, 0.2) is 358 Å². The molecular weight excluding hydrogens is 1250 g/mol. The van der Waals surface area contributed by atoms with Gasteiger partial charge in [0.05, 0.1) is 60.7 Å². The molecule has 0 N–H and O–H groups in total. The average molecular weight is 1310 g/mol. The van der Waals surface area contributed by atoms with E-state index in [0.29, 0.717) is 5.82 Å². The summed E-state index contributed by atoms with van der Waals surface area (Å²) in [6.07, 6.45) is 0. The molecule has 0 unspecified atom stereocenters. The first-order chi connectivity index (χ1) is 51.1. The van der Waals surface area contributed by atoms with Crippen molar-refractivity contribution in [3.8, 4) is 73.3 Å². The molecule has 0 spiro atoms. The SMILES string of the molecule is c1ccc(-n2c3ccccc3c3cc(-c4ccc5c(c4)c4ccccc4n5-c4cccc(-c5nc(-n6c7ccc(-c8ccc9c(c8)c8ccccc8n9-c8ccccc8)cc7c7cc(-c8ccc9c(c8)c8ccccc8n9-c8ccccc8)ccc76)c6ccc7ccccc7c6n5)c4)ccc32)cc1. The van der Waals surface area contributed by atoms with Crippen molar-refractivity contribution in [2.45, 2.75) is 0 Å². The van der Waals surface area contributed by atoms with Gasteiger partial charge in [0.25, 0.3) is 0 Å². The van der Waals surface area contributed by atoms with Crippen LogP contribution in [0.5, 0.6) is 0 Å². The summed E-state index contributed by atoms with van der Waals surface area (Å²) in [6.45, 7) is 0. The molecule has 0 atom stereocenters. The van der Waals surface area contributed by atoms with Gasteiger partial charge in [-0.1, -0.05) is 206 Å². The summed E-state index contributed by atoms with van der Waals surface area (Å²) >= 11 is 0. The normalized spacial score (nSPS) is 12.1. The van der Waals surface area contributed by atoms with Gasteiger partial charge in [-0.05, 0) is 190 Å². The van der Waals surface area contributed by atoms with E-state index in [1.807, 2.05) is 0 Å². The number of fused-ring (bicyclic) bond motifs is 18. The molecule has 22 aromatic rings. The zero-order chi connectivity index (χ0) is 67.4. The van der Waals surface area contributed by atoms with Gasteiger partial charge < -0.3 is 18.3 Å². The van der Waals surface area contributed by atoms with Gasteiger partial charge in [-0.2, -0.15) is 0 Å². The van der Waals surface area contributed by atoms with Crippen molar-refractivity contribution in [3.63, 3.8) is 0 Å². The molecule has 0 aliphatic rings. The lowest BCUT2D eigenvalue weighted by atomic mass is 9.98. The molecule has 103 heavy (non-hydrogen) atoms. The molecule has 6 aromatic heterocycles. The van der Waals surface area contributed by atoms with Crippen LogP contribution in [0.2, 0.25) is 0 Å². The van der Waals surface area contributed by atoms with Crippen molar-refractivity contribution >= 4 is 131 Å². The molecule has 0 fully saturated rings. The minimum Gasteiger partial charge on any atom is -0.309 e. The first-order valence-corrected chi connectivity index (χ1v) is 35.3. The molecule has 22 rings (SSSR count). The first kappa shape index (κ1) is 57.1. The van der Waals surface area contributed by atoms with Crippen molar-refractivity contribution in [1.29, 1.82) is 0 Å².